The Morgan fingerprint density at radius 2 is 1.79 bits per heavy atom. The van der Waals surface area contributed by atoms with E-state index in [1.165, 1.54) is 24.8 Å². The fourth-order valence-corrected chi connectivity index (χ4v) is 6.10. The van der Waals surface area contributed by atoms with Gasteiger partial charge in [0.05, 0.1) is 11.6 Å². The third-order valence-corrected chi connectivity index (χ3v) is 8.89. The van der Waals surface area contributed by atoms with Gasteiger partial charge >= 0.3 is 0 Å². The summed E-state index contributed by atoms with van der Waals surface area (Å²) in [5.41, 5.74) is 7.16. The average Bonchev–Trinajstić information content (AvgIpc) is 2.95. The number of hydrogen-bond acceptors (Lipinski definition) is 3. The van der Waals surface area contributed by atoms with E-state index in [0.717, 1.165) is 85.8 Å². The molecule has 206 valence electrons. The van der Waals surface area contributed by atoms with Gasteiger partial charge in [-0.25, -0.2) is 4.39 Å². The van der Waals surface area contributed by atoms with Gasteiger partial charge in [-0.3, -0.25) is 0 Å². The van der Waals surface area contributed by atoms with E-state index in [4.69, 9.17) is 0 Å². The highest BCUT2D eigenvalue weighted by molar-refractivity contribution is 5.65. The van der Waals surface area contributed by atoms with Crippen LogP contribution in [0.15, 0.2) is 84.0 Å². The Balaban J connectivity index is 0.00000172. The molecule has 0 radical (unpaired) electrons. The second-order valence-corrected chi connectivity index (χ2v) is 11.2. The molecule has 3 aliphatic rings. The van der Waals surface area contributed by atoms with Crippen molar-refractivity contribution in [2.24, 2.45) is 0 Å². The number of nitriles is 1. The Kier molecular flexibility index (Phi) is 9.81. The fraction of sp³-hybridized carbons (Fsp3) is 0.457. The molecule has 1 saturated heterocycles. The van der Waals surface area contributed by atoms with Crippen LogP contribution in [0, 0.1) is 11.3 Å². The SMILES string of the molecule is C=C(CCC1(c2ccc(-c3cccc(C#N)c3)cc2)CCN(C2CCC2)CC1)NC1=CC(F)=C(C)CC1.CC. The summed E-state index contributed by atoms with van der Waals surface area (Å²) >= 11 is 0. The lowest BCUT2D eigenvalue weighted by atomic mass is 9.69. The maximum atomic E-state index is 14.1. The van der Waals surface area contributed by atoms with Gasteiger partial charge in [-0.05, 0) is 117 Å². The van der Waals surface area contributed by atoms with Crippen molar-refractivity contribution in [3.05, 3.63) is 95.1 Å². The number of halogens is 1. The Bertz CT molecular complexity index is 1240. The van der Waals surface area contributed by atoms with Gasteiger partial charge in [0, 0.05) is 17.4 Å². The molecule has 3 nitrogen and oxygen atoms in total. The average molecular weight is 526 g/mol. The van der Waals surface area contributed by atoms with Crippen molar-refractivity contribution < 1.29 is 4.39 Å². The first-order chi connectivity index (χ1) is 19.0. The van der Waals surface area contributed by atoms with Crippen LogP contribution in [0.3, 0.4) is 0 Å². The molecule has 2 aromatic rings. The van der Waals surface area contributed by atoms with Crippen molar-refractivity contribution in [1.29, 1.82) is 5.26 Å². The van der Waals surface area contributed by atoms with Gasteiger partial charge in [0.25, 0.3) is 0 Å². The molecule has 5 rings (SSSR count). The minimum absolute atomic E-state index is 0.109. The standard InChI is InChI=1S/C33H38FN3.C2H6/c1-24-9-14-30(22-32(24)34)36-25(2)15-16-33(17-19-37(20-18-33)31-7-4-8-31)29-12-10-27(11-13-29)28-6-3-5-26(21-28)23-35;1-2/h3,5-6,10-13,21-22,31,36H,2,4,7-9,14-20H2,1H3;1-2H3. The smallest absolute Gasteiger partial charge is 0.123 e. The number of nitrogens with zero attached hydrogens (tertiary/aromatic N) is 2. The summed E-state index contributed by atoms with van der Waals surface area (Å²) in [5.74, 6) is -0.109. The van der Waals surface area contributed by atoms with E-state index in [2.05, 4.69) is 53.2 Å². The maximum Gasteiger partial charge on any atom is 0.123 e. The zero-order valence-corrected chi connectivity index (χ0v) is 24.0. The van der Waals surface area contributed by atoms with Crippen LogP contribution in [0.2, 0.25) is 0 Å². The largest absolute Gasteiger partial charge is 0.363 e. The van der Waals surface area contributed by atoms with Gasteiger partial charge in [-0.15, -0.1) is 0 Å². The lowest BCUT2D eigenvalue weighted by Crippen LogP contribution is -2.49. The van der Waals surface area contributed by atoms with Gasteiger partial charge in [-0.1, -0.05) is 63.2 Å². The summed E-state index contributed by atoms with van der Waals surface area (Å²) in [6.45, 7) is 12.5. The number of piperidine rings is 1. The van der Waals surface area contributed by atoms with Crippen LogP contribution in [-0.2, 0) is 5.41 Å². The summed E-state index contributed by atoms with van der Waals surface area (Å²) in [5, 5.41) is 12.7. The molecular weight excluding hydrogens is 481 g/mol. The van der Waals surface area contributed by atoms with Gasteiger partial charge in [0.1, 0.15) is 5.83 Å². The lowest BCUT2D eigenvalue weighted by Gasteiger charge is -2.47. The lowest BCUT2D eigenvalue weighted by molar-refractivity contribution is 0.0697. The first-order valence-electron chi connectivity index (χ1n) is 14.8. The summed E-state index contributed by atoms with van der Waals surface area (Å²) in [4.78, 5) is 2.71. The van der Waals surface area contributed by atoms with E-state index >= 15 is 0 Å². The topological polar surface area (TPSA) is 39.1 Å². The highest BCUT2D eigenvalue weighted by Gasteiger charge is 2.38. The van der Waals surface area contributed by atoms with E-state index in [1.807, 2.05) is 39.0 Å². The predicted octanol–water partition coefficient (Wildman–Crippen LogP) is 8.94. The zero-order chi connectivity index (χ0) is 27.8. The number of allylic oxidation sites excluding steroid dienone is 5. The summed E-state index contributed by atoms with van der Waals surface area (Å²) < 4.78 is 14.1. The minimum atomic E-state index is -0.109. The van der Waals surface area contributed by atoms with Crippen molar-refractivity contribution in [2.75, 3.05) is 13.1 Å². The van der Waals surface area contributed by atoms with Gasteiger partial charge in [0.2, 0.25) is 0 Å². The molecule has 0 atom stereocenters. The molecule has 0 bridgehead atoms. The van der Waals surface area contributed by atoms with Crippen molar-refractivity contribution in [2.45, 2.75) is 90.0 Å². The molecule has 1 saturated carbocycles. The first-order valence-corrected chi connectivity index (χ1v) is 14.8. The third kappa shape index (κ3) is 6.89. The van der Waals surface area contributed by atoms with E-state index in [1.54, 1.807) is 6.08 Å². The van der Waals surface area contributed by atoms with E-state index < -0.39 is 0 Å². The van der Waals surface area contributed by atoms with E-state index in [-0.39, 0.29) is 11.2 Å². The van der Waals surface area contributed by atoms with Crippen molar-refractivity contribution in [1.82, 2.24) is 10.2 Å². The molecular formula is C35H44FN3. The zero-order valence-electron chi connectivity index (χ0n) is 24.0. The molecule has 0 spiro atoms. The normalized spacial score (nSPS) is 19.2. The van der Waals surface area contributed by atoms with Gasteiger partial charge in [0.15, 0.2) is 0 Å². The summed E-state index contributed by atoms with van der Waals surface area (Å²) in [6, 6.07) is 19.9. The van der Waals surface area contributed by atoms with E-state index in [0.29, 0.717) is 5.56 Å². The number of likely N-dealkylation sites (tertiary alicyclic amines) is 1. The first kappa shape index (κ1) is 28.8. The van der Waals surface area contributed by atoms with Crippen LogP contribution in [0.4, 0.5) is 4.39 Å². The monoisotopic (exact) mass is 525 g/mol. The Morgan fingerprint density at radius 3 is 2.41 bits per heavy atom. The molecule has 2 fully saturated rings. The molecule has 0 amide bonds. The quantitative estimate of drug-likeness (QED) is 0.374. The Hall–Kier alpha value is -3.16. The van der Waals surface area contributed by atoms with Gasteiger partial charge in [-0.2, -0.15) is 5.26 Å². The number of nitrogens with one attached hydrogen (secondary N) is 1. The number of hydrogen-bond donors (Lipinski definition) is 1. The van der Waals surface area contributed by atoms with Crippen LogP contribution >= 0.6 is 0 Å². The Labute approximate surface area is 235 Å². The molecule has 1 aliphatic heterocycles. The van der Waals surface area contributed by atoms with Crippen molar-refractivity contribution >= 4 is 0 Å². The second-order valence-electron chi connectivity index (χ2n) is 11.2. The highest BCUT2D eigenvalue weighted by Crippen LogP contribution is 2.43. The molecule has 2 aromatic carbocycles. The molecule has 1 heterocycles. The molecule has 4 heteroatoms. The summed E-state index contributed by atoms with van der Waals surface area (Å²) in [7, 11) is 0. The molecule has 1 N–H and O–H groups in total. The molecule has 0 unspecified atom stereocenters. The molecule has 2 aliphatic carbocycles. The highest BCUT2D eigenvalue weighted by atomic mass is 19.1. The van der Waals surface area contributed by atoms with Crippen molar-refractivity contribution in [3.8, 4) is 17.2 Å². The number of benzene rings is 2. The minimum Gasteiger partial charge on any atom is -0.363 e. The van der Waals surface area contributed by atoms with Crippen LogP contribution in [0.1, 0.15) is 89.7 Å². The maximum absolute atomic E-state index is 14.1. The van der Waals surface area contributed by atoms with Crippen LogP contribution in [0.5, 0.6) is 0 Å². The van der Waals surface area contributed by atoms with Crippen molar-refractivity contribution in [3.63, 3.8) is 0 Å². The van der Waals surface area contributed by atoms with Crippen LogP contribution in [0.25, 0.3) is 11.1 Å². The second kappa shape index (κ2) is 13.3. The summed E-state index contributed by atoms with van der Waals surface area (Å²) in [6.07, 6.45) is 11.5. The van der Waals surface area contributed by atoms with Crippen LogP contribution in [-0.4, -0.2) is 24.0 Å². The van der Waals surface area contributed by atoms with Gasteiger partial charge < -0.3 is 10.2 Å². The Morgan fingerprint density at radius 1 is 1.08 bits per heavy atom. The van der Waals surface area contributed by atoms with Crippen LogP contribution < -0.4 is 5.32 Å². The predicted molar refractivity (Wildman–Crippen MR) is 161 cm³/mol. The fourth-order valence-electron chi connectivity index (χ4n) is 6.10. The van der Waals surface area contributed by atoms with E-state index in [9.17, 15) is 9.65 Å². The molecule has 0 aromatic heterocycles. The number of rotatable bonds is 8. The molecule has 39 heavy (non-hydrogen) atoms. The third-order valence-electron chi connectivity index (χ3n) is 8.89.